The van der Waals surface area contributed by atoms with Crippen LogP contribution in [0.5, 0.6) is 0 Å². The van der Waals surface area contributed by atoms with Crippen molar-refractivity contribution in [2.75, 3.05) is 13.7 Å². The largest absolute Gasteiger partial charge is 0.466 e. The molecular formula is C16H21NO5. The molecule has 0 fully saturated rings. The number of hydrogen-bond acceptors (Lipinski definition) is 5. The molecular weight excluding hydrogens is 286 g/mol. The van der Waals surface area contributed by atoms with Gasteiger partial charge < -0.3 is 19.9 Å². The lowest BCUT2D eigenvalue weighted by Gasteiger charge is -2.30. The third-order valence-electron chi connectivity index (χ3n) is 3.78. The number of esters is 1. The van der Waals surface area contributed by atoms with Gasteiger partial charge in [-0.05, 0) is 36.5 Å². The highest BCUT2D eigenvalue weighted by atomic mass is 16.5. The Kier molecular flexibility index (Phi) is 5.38. The fraction of sp³-hybridized carbons (Fsp3) is 0.500. The van der Waals surface area contributed by atoms with E-state index in [2.05, 4.69) is 10.1 Å². The maximum Gasteiger partial charge on any atom is 0.407 e. The first kappa shape index (κ1) is 16.3. The molecule has 1 aromatic rings. The molecule has 120 valence electrons. The maximum atomic E-state index is 11.6. The molecule has 2 N–H and O–H groups in total. The average molecular weight is 307 g/mol. The molecule has 1 aliphatic carbocycles. The number of carbonyl (C=O) groups is 2. The van der Waals surface area contributed by atoms with E-state index in [4.69, 9.17) is 4.74 Å². The van der Waals surface area contributed by atoms with Crippen molar-refractivity contribution >= 4 is 12.1 Å². The highest BCUT2D eigenvalue weighted by Gasteiger charge is 2.29. The van der Waals surface area contributed by atoms with Crippen LogP contribution in [-0.4, -0.2) is 36.9 Å². The van der Waals surface area contributed by atoms with Crippen LogP contribution < -0.4 is 5.32 Å². The van der Waals surface area contributed by atoms with Crippen LogP contribution in [0.15, 0.2) is 18.2 Å². The highest BCUT2D eigenvalue weighted by Crippen LogP contribution is 2.31. The molecule has 22 heavy (non-hydrogen) atoms. The number of ether oxygens (including phenoxy) is 2. The number of methoxy groups -OCH3 is 1. The van der Waals surface area contributed by atoms with E-state index in [1.807, 2.05) is 18.2 Å². The number of benzene rings is 1. The third kappa shape index (κ3) is 3.76. The van der Waals surface area contributed by atoms with Gasteiger partial charge in [0.25, 0.3) is 0 Å². The van der Waals surface area contributed by atoms with Gasteiger partial charge in [0, 0.05) is 0 Å². The number of amides is 1. The Morgan fingerprint density at radius 3 is 2.86 bits per heavy atom. The summed E-state index contributed by atoms with van der Waals surface area (Å²) < 4.78 is 9.50. The summed E-state index contributed by atoms with van der Waals surface area (Å²) in [6.45, 7) is 2.11. The Morgan fingerprint density at radius 2 is 2.18 bits per heavy atom. The molecule has 2 rings (SSSR count). The van der Waals surface area contributed by atoms with E-state index in [1.54, 1.807) is 6.92 Å². The second-order valence-electron chi connectivity index (χ2n) is 5.24. The molecule has 0 spiro atoms. The lowest BCUT2D eigenvalue weighted by molar-refractivity contribution is -0.142. The number of aliphatic hydroxyl groups excluding tert-OH is 1. The molecule has 1 aromatic carbocycles. The van der Waals surface area contributed by atoms with Gasteiger partial charge in [0.2, 0.25) is 0 Å². The molecule has 1 amide bonds. The monoisotopic (exact) mass is 307 g/mol. The maximum absolute atomic E-state index is 11.6. The second-order valence-corrected chi connectivity index (χ2v) is 5.24. The van der Waals surface area contributed by atoms with Gasteiger partial charge in [-0.2, -0.15) is 0 Å². The van der Waals surface area contributed by atoms with Gasteiger partial charge in [-0.15, -0.1) is 0 Å². The molecule has 6 heteroatoms. The van der Waals surface area contributed by atoms with Gasteiger partial charge >= 0.3 is 12.1 Å². The van der Waals surface area contributed by atoms with Crippen molar-refractivity contribution in [2.24, 2.45) is 0 Å². The first-order valence-electron chi connectivity index (χ1n) is 7.35. The fourth-order valence-corrected chi connectivity index (χ4v) is 2.68. The fourth-order valence-electron chi connectivity index (χ4n) is 2.68. The number of carbonyl (C=O) groups excluding carboxylic acids is 2. The summed E-state index contributed by atoms with van der Waals surface area (Å²) in [7, 11) is 1.29. The van der Waals surface area contributed by atoms with E-state index in [1.165, 1.54) is 7.11 Å². The van der Waals surface area contributed by atoms with Gasteiger partial charge in [-0.1, -0.05) is 18.2 Å². The zero-order chi connectivity index (χ0) is 16.1. The predicted molar refractivity (Wildman–Crippen MR) is 79.4 cm³/mol. The van der Waals surface area contributed by atoms with Gasteiger partial charge in [0.15, 0.2) is 0 Å². The highest BCUT2D eigenvalue weighted by molar-refractivity contribution is 5.72. The Balaban J connectivity index is 2.14. The number of fused-ring (bicyclic) bond motifs is 1. The van der Waals surface area contributed by atoms with Crippen LogP contribution in [0.1, 0.15) is 36.1 Å². The Morgan fingerprint density at radius 1 is 1.41 bits per heavy atom. The standard InChI is InChI=1S/C16H21NO5/c1-3-22-14(18)9-10-4-5-11-6-7-13(17-16(20)21-2)15(19)12(11)8-10/h4-5,8,13,15,19H,3,6-7,9H2,1-2H3,(H,17,20). The molecule has 2 atom stereocenters. The molecule has 1 aliphatic rings. The number of alkyl carbamates (subject to hydrolysis) is 1. The summed E-state index contributed by atoms with van der Waals surface area (Å²) in [6, 6.07) is 5.21. The van der Waals surface area contributed by atoms with Crippen LogP contribution in [0.2, 0.25) is 0 Å². The van der Waals surface area contributed by atoms with Crippen LogP contribution in [0, 0.1) is 0 Å². The Hall–Kier alpha value is -2.08. The normalized spacial score (nSPS) is 20.0. The lowest BCUT2D eigenvalue weighted by Crippen LogP contribution is -2.41. The van der Waals surface area contributed by atoms with Gasteiger partial charge in [0.1, 0.15) is 0 Å². The van der Waals surface area contributed by atoms with Crippen LogP contribution >= 0.6 is 0 Å². The van der Waals surface area contributed by atoms with Crippen molar-refractivity contribution in [1.29, 1.82) is 0 Å². The zero-order valence-electron chi connectivity index (χ0n) is 12.8. The molecule has 0 heterocycles. The summed E-state index contributed by atoms with van der Waals surface area (Å²) >= 11 is 0. The minimum Gasteiger partial charge on any atom is -0.466 e. The van der Waals surface area contributed by atoms with Crippen molar-refractivity contribution < 1.29 is 24.2 Å². The van der Waals surface area contributed by atoms with E-state index in [9.17, 15) is 14.7 Å². The second kappa shape index (κ2) is 7.26. The molecule has 0 radical (unpaired) electrons. The molecule has 0 saturated heterocycles. The van der Waals surface area contributed by atoms with Crippen LogP contribution in [-0.2, 0) is 27.1 Å². The van der Waals surface area contributed by atoms with Crippen molar-refractivity contribution in [1.82, 2.24) is 5.32 Å². The van der Waals surface area contributed by atoms with E-state index >= 15 is 0 Å². The lowest BCUT2D eigenvalue weighted by atomic mass is 9.84. The molecule has 0 saturated carbocycles. The topological polar surface area (TPSA) is 84.9 Å². The Labute approximate surface area is 129 Å². The number of aryl methyl sites for hydroxylation is 1. The van der Waals surface area contributed by atoms with Crippen molar-refractivity contribution in [2.45, 2.75) is 38.3 Å². The Bertz CT molecular complexity index is 557. The predicted octanol–water partition coefficient (Wildman–Crippen LogP) is 1.50. The summed E-state index contributed by atoms with van der Waals surface area (Å²) in [5.74, 6) is -0.294. The first-order valence-corrected chi connectivity index (χ1v) is 7.35. The average Bonchev–Trinajstić information content (AvgIpc) is 2.50. The summed E-state index contributed by atoms with van der Waals surface area (Å²) in [4.78, 5) is 22.9. The molecule has 0 bridgehead atoms. The van der Waals surface area contributed by atoms with Crippen LogP contribution in [0.3, 0.4) is 0 Å². The van der Waals surface area contributed by atoms with Crippen molar-refractivity contribution in [3.05, 3.63) is 34.9 Å². The van der Waals surface area contributed by atoms with Crippen LogP contribution in [0.4, 0.5) is 4.79 Å². The molecule has 2 unspecified atom stereocenters. The number of hydrogen-bond donors (Lipinski definition) is 2. The van der Waals surface area contributed by atoms with Gasteiger partial charge in [-0.25, -0.2) is 4.79 Å². The zero-order valence-corrected chi connectivity index (χ0v) is 12.8. The van der Waals surface area contributed by atoms with Crippen molar-refractivity contribution in [3.8, 4) is 0 Å². The van der Waals surface area contributed by atoms with E-state index in [-0.39, 0.29) is 12.4 Å². The smallest absolute Gasteiger partial charge is 0.407 e. The molecule has 6 nitrogen and oxygen atoms in total. The summed E-state index contributed by atoms with van der Waals surface area (Å²) in [5.41, 5.74) is 2.56. The number of aliphatic hydroxyl groups is 1. The quantitative estimate of drug-likeness (QED) is 0.823. The molecule has 0 aromatic heterocycles. The summed E-state index contributed by atoms with van der Waals surface area (Å²) in [6.07, 6.45) is 0.185. The van der Waals surface area contributed by atoms with Crippen molar-refractivity contribution in [3.63, 3.8) is 0 Å². The minimum absolute atomic E-state index is 0.170. The van der Waals surface area contributed by atoms with Gasteiger partial charge in [0.05, 0.1) is 32.3 Å². The summed E-state index contributed by atoms with van der Waals surface area (Å²) in [5, 5.41) is 13.1. The van der Waals surface area contributed by atoms with Crippen LogP contribution in [0.25, 0.3) is 0 Å². The SMILES string of the molecule is CCOC(=O)Cc1ccc2c(c1)C(O)C(NC(=O)OC)CC2. The number of rotatable bonds is 4. The van der Waals surface area contributed by atoms with E-state index in [0.717, 1.165) is 23.1 Å². The first-order chi connectivity index (χ1) is 10.5. The minimum atomic E-state index is -0.815. The van der Waals surface area contributed by atoms with E-state index < -0.39 is 18.2 Å². The molecule has 0 aliphatic heterocycles. The third-order valence-corrected chi connectivity index (χ3v) is 3.78. The van der Waals surface area contributed by atoms with Gasteiger partial charge in [-0.3, -0.25) is 4.79 Å². The number of nitrogens with one attached hydrogen (secondary N) is 1. The van der Waals surface area contributed by atoms with E-state index in [0.29, 0.717) is 13.0 Å².